The van der Waals surface area contributed by atoms with Crippen molar-refractivity contribution in [3.05, 3.63) is 12.2 Å². The van der Waals surface area contributed by atoms with E-state index in [0.717, 1.165) is 0 Å². The molecule has 1 aliphatic rings. The highest BCUT2D eigenvalue weighted by atomic mass is 16.5. The van der Waals surface area contributed by atoms with E-state index in [2.05, 4.69) is 0 Å². The SMILES string of the molecule is C[C@@H]1C/C=C/[C@@H](O)CCCC(=O)O1. The molecule has 74 valence electrons. The Labute approximate surface area is 78.4 Å². The van der Waals surface area contributed by atoms with Gasteiger partial charge in [0.05, 0.1) is 6.10 Å². The topological polar surface area (TPSA) is 46.5 Å². The van der Waals surface area contributed by atoms with E-state index < -0.39 is 6.10 Å². The van der Waals surface area contributed by atoms with Crippen LogP contribution in [0.1, 0.15) is 32.6 Å². The smallest absolute Gasteiger partial charge is 0.306 e. The van der Waals surface area contributed by atoms with E-state index in [1.54, 1.807) is 6.08 Å². The van der Waals surface area contributed by atoms with Gasteiger partial charge in [0.15, 0.2) is 0 Å². The van der Waals surface area contributed by atoms with Gasteiger partial charge in [-0.3, -0.25) is 4.79 Å². The van der Waals surface area contributed by atoms with E-state index in [0.29, 0.717) is 25.7 Å². The van der Waals surface area contributed by atoms with Gasteiger partial charge < -0.3 is 9.84 Å². The van der Waals surface area contributed by atoms with Crippen LogP contribution in [0.15, 0.2) is 12.2 Å². The Morgan fingerprint density at radius 1 is 1.62 bits per heavy atom. The molecule has 0 aromatic carbocycles. The lowest BCUT2D eigenvalue weighted by Crippen LogP contribution is -2.16. The molecule has 0 amide bonds. The molecule has 0 aromatic heterocycles. The standard InChI is InChI=1S/C10H16O3/c1-8-4-2-5-9(11)6-3-7-10(12)13-8/h2,5,8-9,11H,3-4,6-7H2,1H3/b5-2+/t8-,9-/m1/s1. The summed E-state index contributed by atoms with van der Waals surface area (Å²) in [6.45, 7) is 1.86. The third kappa shape index (κ3) is 4.08. The van der Waals surface area contributed by atoms with Gasteiger partial charge in [-0.25, -0.2) is 0 Å². The Bertz CT molecular complexity index is 198. The predicted molar refractivity (Wildman–Crippen MR) is 49.2 cm³/mol. The Kier molecular flexibility index (Phi) is 3.96. The van der Waals surface area contributed by atoms with E-state index in [-0.39, 0.29) is 12.1 Å². The monoisotopic (exact) mass is 184 g/mol. The maximum atomic E-state index is 11.1. The molecule has 1 rings (SSSR count). The van der Waals surface area contributed by atoms with Crippen LogP contribution < -0.4 is 0 Å². The van der Waals surface area contributed by atoms with Crippen molar-refractivity contribution in [2.75, 3.05) is 0 Å². The van der Waals surface area contributed by atoms with Crippen molar-refractivity contribution in [1.29, 1.82) is 0 Å². The summed E-state index contributed by atoms with van der Waals surface area (Å²) in [6, 6.07) is 0. The molecule has 1 heterocycles. The number of esters is 1. The summed E-state index contributed by atoms with van der Waals surface area (Å²) in [6.07, 6.45) is 5.59. The van der Waals surface area contributed by atoms with Gasteiger partial charge in [-0.05, 0) is 19.8 Å². The zero-order chi connectivity index (χ0) is 9.68. The number of carbonyl (C=O) groups excluding carboxylic acids is 1. The van der Waals surface area contributed by atoms with Crippen LogP contribution in [-0.4, -0.2) is 23.3 Å². The van der Waals surface area contributed by atoms with Crippen molar-refractivity contribution in [2.24, 2.45) is 0 Å². The molecule has 0 unspecified atom stereocenters. The van der Waals surface area contributed by atoms with Gasteiger partial charge >= 0.3 is 5.97 Å². The van der Waals surface area contributed by atoms with Crippen molar-refractivity contribution in [2.45, 2.75) is 44.8 Å². The Morgan fingerprint density at radius 2 is 2.38 bits per heavy atom. The van der Waals surface area contributed by atoms with Crippen LogP contribution >= 0.6 is 0 Å². The first-order valence-corrected chi connectivity index (χ1v) is 4.72. The molecule has 0 radical (unpaired) electrons. The summed E-state index contributed by atoms with van der Waals surface area (Å²) in [7, 11) is 0. The molecule has 1 aliphatic heterocycles. The minimum Gasteiger partial charge on any atom is -0.462 e. The fraction of sp³-hybridized carbons (Fsp3) is 0.700. The van der Waals surface area contributed by atoms with Gasteiger partial charge in [-0.2, -0.15) is 0 Å². The highest BCUT2D eigenvalue weighted by molar-refractivity contribution is 5.69. The van der Waals surface area contributed by atoms with E-state index in [1.165, 1.54) is 0 Å². The van der Waals surface area contributed by atoms with Gasteiger partial charge in [-0.15, -0.1) is 0 Å². The normalized spacial score (nSPS) is 33.5. The molecule has 0 aromatic rings. The molecule has 2 atom stereocenters. The number of ether oxygens (including phenoxy) is 1. The lowest BCUT2D eigenvalue weighted by Gasteiger charge is -2.13. The number of aliphatic hydroxyl groups excluding tert-OH is 1. The quantitative estimate of drug-likeness (QED) is 0.457. The van der Waals surface area contributed by atoms with Gasteiger partial charge in [0, 0.05) is 12.8 Å². The highest BCUT2D eigenvalue weighted by Gasteiger charge is 2.11. The Morgan fingerprint density at radius 3 is 3.15 bits per heavy atom. The average molecular weight is 184 g/mol. The van der Waals surface area contributed by atoms with Gasteiger partial charge in [-0.1, -0.05) is 12.2 Å². The number of hydrogen-bond acceptors (Lipinski definition) is 3. The molecular weight excluding hydrogens is 168 g/mol. The van der Waals surface area contributed by atoms with Crippen LogP contribution in [0.4, 0.5) is 0 Å². The fourth-order valence-electron chi connectivity index (χ4n) is 1.31. The highest BCUT2D eigenvalue weighted by Crippen LogP contribution is 2.09. The summed E-state index contributed by atoms with van der Waals surface area (Å²) in [5, 5.41) is 9.36. The first-order chi connectivity index (χ1) is 6.18. The van der Waals surface area contributed by atoms with Crippen LogP contribution in [0, 0.1) is 0 Å². The third-order valence-corrected chi connectivity index (χ3v) is 2.04. The van der Waals surface area contributed by atoms with Crippen molar-refractivity contribution in [3.8, 4) is 0 Å². The Balaban J connectivity index is 2.50. The third-order valence-electron chi connectivity index (χ3n) is 2.04. The zero-order valence-corrected chi connectivity index (χ0v) is 7.90. The first kappa shape index (κ1) is 10.3. The minimum absolute atomic E-state index is 0.0750. The first-order valence-electron chi connectivity index (χ1n) is 4.72. The van der Waals surface area contributed by atoms with Crippen molar-refractivity contribution in [3.63, 3.8) is 0 Å². The van der Waals surface area contributed by atoms with Crippen LogP contribution in [0.3, 0.4) is 0 Å². The number of hydrogen-bond donors (Lipinski definition) is 1. The summed E-state index contributed by atoms with van der Waals surface area (Å²) in [5.74, 6) is -0.157. The van der Waals surface area contributed by atoms with Gasteiger partial charge in [0.2, 0.25) is 0 Å². The second-order valence-corrected chi connectivity index (χ2v) is 3.42. The lowest BCUT2D eigenvalue weighted by atomic mass is 10.1. The lowest BCUT2D eigenvalue weighted by molar-refractivity contribution is -0.148. The van der Waals surface area contributed by atoms with E-state index in [4.69, 9.17) is 4.74 Å². The number of carbonyl (C=O) groups is 1. The molecule has 0 aliphatic carbocycles. The molecule has 0 spiro atoms. The average Bonchev–Trinajstić information content (AvgIpc) is 2.03. The fourth-order valence-corrected chi connectivity index (χ4v) is 1.31. The Hall–Kier alpha value is -0.830. The molecule has 1 N–H and O–H groups in total. The van der Waals surface area contributed by atoms with Gasteiger partial charge in [0.1, 0.15) is 6.10 Å². The number of aliphatic hydroxyl groups is 1. The van der Waals surface area contributed by atoms with E-state index in [1.807, 2.05) is 13.0 Å². The van der Waals surface area contributed by atoms with Crippen LogP contribution in [-0.2, 0) is 9.53 Å². The molecular formula is C10H16O3. The molecule has 0 saturated carbocycles. The maximum Gasteiger partial charge on any atom is 0.306 e. The summed E-state index contributed by atoms with van der Waals surface area (Å²) < 4.78 is 5.09. The molecule has 0 fully saturated rings. The predicted octanol–water partition coefficient (Wildman–Crippen LogP) is 1.41. The van der Waals surface area contributed by atoms with E-state index >= 15 is 0 Å². The van der Waals surface area contributed by atoms with E-state index in [9.17, 15) is 9.90 Å². The summed E-state index contributed by atoms with van der Waals surface area (Å²) in [4.78, 5) is 11.1. The van der Waals surface area contributed by atoms with Crippen molar-refractivity contribution >= 4 is 5.97 Å². The van der Waals surface area contributed by atoms with Crippen LogP contribution in [0.25, 0.3) is 0 Å². The largest absolute Gasteiger partial charge is 0.462 e. The number of cyclic esters (lactones) is 1. The van der Waals surface area contributed by atoms with Crippen molar-refractivity contribution < 1.29 is 14.6 Å². The molecule has 3 nitrogen and oxygen atoms in total. The molecule has 0 saturated heterocycles. The van der Waals surface area contributed by atoms with Crippen molar-refractivity contribution in [1.82, 2.24) is 0 Å². The minimum atomic E-state index is -0.405. The second-order valence-electron chi connectivity index (χ2n) is 3.42. The van der Waals surface area contributed by atoms with Crippen LogP contribution in [0.2, 0.25) is 0 Å². The maximum absolute atomic E-state index is 11.1. The van der Waals surface area contributed by atoms with Crippen LogP contribution in [0.5, 0.6) is 0 Å². The zero-order valence-electron chi connectivity index (χ0n) is 7.90. The second kappa shape index (κ2) is 5.02. The van der Waals surface area contributed by atoms with Gasteiger partial charge in [0.25, 0.3) is 0 Å². The number of rotatable bonds is 0. The summed E-state index contributed by atoms with van der Waals surface area (Å²) in [5.41, 5.74) is 0. The molecule has 13 heavy (non-hydrogen) atoms. The molecule has 0 bridgehead atoms. The summed E-state index contributed by atoms with van der Waals surface area (Å²) >= 11 is 0. The molecule has 3 heteroatoms.